The van der Waals surface area contributed by atoms with Crippen molar-refractivity contribution in [2.45, 2.75) is 6.54 Å². The molecule has 146 valence electrons. The highest BCUT2D eigenvalue weighted by Crippen LogP contribution is 2.26. The standard InChI is InChI=1S/C22H22N6O/c1-2-17(14-23-7-1)15-25-21-22-26-16-20(28(22)9-8-24-21)18-3-5-19(6-4-18)27-10-12-29-13-11-27/h1-9,14,16H,10-13,15H2,(H,24,25). The van der Waals surface area contributed by atoms with Crippen LogP contribution in [0.15, 0.2) is 67.4 Å². The molecule has 0 bridgehead atoms. The molecule has 7 nitrogen and oxygen atoms in total. The molecule has 29 heavy (non-hydrogen) atoms. The molecule has 1 fully saturated rings. The molecule has 1 saturated heterocycles. The molecule has 1 N–H and O–H groups in total. The second-order valence-electron chi connectivity index (χ2n) is 6.97. The van der Waals surface area contributed by atoms with Crippen molar-refractivity contribution in [1.82, 2.24) is 19.4 Å². The summed E-state index contributed by atoms with van der Waals surface area (Å²) in [7, 11) is 0. The van der Waals surface area contributed by atoms with Crippen molar-refractivity contribution in [3.05, 3.63) is 72.9 Å². The average Bonchev–Trinajstić information content (AvgIpc) is 3.24. The fraction of sp³-hybridized carbons (Fsp3) is 0.227. The smallest absolute Gasteiger partial charge is 0.180 e. The number of morpholine rings is 1. The zero-order valence-electron chi connectivity index (χ0n) is 16.0. The molecule has 5 rings (SSSR count). The van der Waals surface area contributed by atoms with Crippen molar-refractivity contribution >= 4 is 17.2 Å². The van der Waals surface area contributed by atoms with Gasteiger partial charge in [0.25, 0.3) is 0 Å². The third-order valence-electron chi connectivity index (χ3n) is 5.15. The van der Waals surface area contributed by atoms with Crippen LogP contribution in [0.1, 0.15) is 5.56 Å². The Morgan fingerprint density at radius 1 is 0.966 bits per heavy atom. The summed E-state index contributed by atoms with van der Waals surface area (Å²) in [5.74, 6) is 0.757. The lowest BCUT2D eigenvalue weighted by atomic mass is 10.1. The number of pyridine rings is 1. The zero-order chi connectivity index (χ0) is 19.5. The second kappa shape index (κ2) is 7.89. The van der Waals surface area contributed by atoms with E-state index in [0.717, 1.165) is 54.6 Å². The van der Waals surface area contributed by atoms with Crippen molar-refractivity contribution in [2.24, 2.45) is 0 Å². The Labute approximate surface area is 169 Å². The first-order valence-corrected chi connectivity index (χ1v) is 9.76. The Balaban J connectivity index is 1.39. The summed E-state index contributed by atoms with van der Waals surface area (Å²) in [6.45, 7) is 4.10. The van der Waals surface area contributed by atoms with Gasteiger partial charge in [-0.25, -0.2) is 9.97 Å². The summed E-state index contributed by atoms with van der Waals surface area (Å²) < 4.78 is 7.51. The number of ether oxygens (including phenoxy) is 1. The molecular formula is C22H22N6O. The number of nitrogens with one attached hydrogen (secondary N) is 1. The van der Waals surface area contributed by atoms with Gasteiger partial charge >= 0.3 is 0 Å². The lowest BCUT2D eigenvalue weighted by Gasteiger charge is -2.28. The highest BCUT2D eigenvalue weighted by Gasteiger charge is 2.13. The van der Waals surface area contributed by atoms with Gasteiger partial charge in [-0.1, -0.05) is 18.2 Å². The molecule has 1 aliphatic heterocycles. The van der Waals surface area contributed by atoms with E-state index in [1.807, 2.05) is 30.7 Å². The number of imidazole rings is 1. The minimum absolute atomic E-state index is 0.650. The summed E-state index contributed by atoms with van der Waals surface area (Å²) in [6, 6.07) is 12.6. The molecule has 0 spiro atoms. The van der Waals surface area contributed by atoms with Crippen LogP contribution in [0, 0.1) is 0 Å². The first kappa shape index (κ1) is 17.6. The van der Waals surface area contributed by atoms with Crippen LogP contribution in [0.4, 0.5) is 11.5 Å². The summed E-state index contributed by atoms with van der Waals surface area (Å²) in [4.78, 5) is 15.6. The van der Waals surface area contributed by atoms with Crippen molar-refractivity contribution in [2.75, 3.05) is 36.5 Å². The molecule has 4 heterocycles. The van der Waals surface area contributed by atoms with E-state index in [-0.39, 0.29) is 0 Å². The van der Waals surface area contributed by atoms with Crippen LogP contribution in [0.2, 0.25) is 0 Å². The molecule has 0 amide bonds. The quantitative estimate of drug-likeness (QED) is 0.568. The third-order valence-corrected chi connectivity index (χ3v) is 5.15. The van der Waals surface area contributed by atoms with Gasteiger partial charge in [0, 0.05) is 55.7 Å². The molecule has 7 heteroatoms. The van der Waals surface area contributed by atoms with E-state index in [2.05, 4.69) is 53.8 Å². The van der Waals surface area contributed by atoms with Crippen LogP contribution in [-0.4, -0.2) is 45.7 Å². The minimum atomic E-state index is 0.650. The minimum Gasteiger partial charge on any atom is -0.378 e. The second-order valence-corrected chi connectivity index (χ2v) is 6.97. The van der Waals surface area contributed by atoms with Crippen molar-refractivity contribution in [1.29, 1.82) is 0 Å². The number of hydrogen-bond acceptors (Lipinski definition) is 6. The fourth-order valence-corrected chi connectivity index (χ4v) is 3.61. The zero-order valence-corrected chi connectivity index (χ0v) is 16.0. The molecule has 3 aromatic heterocycles. The van der Waals surface area contributed by atoms with Crippen LogP contribution in [0.5, 0.6) is 0 Å². The topological polar surface area (TPSA) is 67.6 Å². The van der Waals surface area contributed by atoms with E-state index < -0.39 is 0 Å². The number of aromatic nitrogens is 4. The van der Waals surface area contributed by atoms with Gasteiger partial charge in [0.2, 0.25) is 0 Å². The van der Waals surface area contributed by atoms with Crippen LogP contribution in [0.3, 0.4) is 0 Å². The average molecular weight is 386 g/mol. The Bertz CT molecular complexity index is 1090. The normalized spacial score (nSPS) is 14.3. The van der Waals surface area contributed by atoms with Crippen LogP contribution in [0.25, 0.3) is 16.9 Å². The molecule has 0 unspecified atom stereocenters. The lowest BCUT2D eigenvalue weighted by molar-refractivity contribution is 0.122. The Morgan fingerprint density at radius 2 is 1.83 bits per heavy atom. The predicted molar refractivity (Wildman–Crippen MR) is 113 cm³/mol. The van der Waals surface area contributed by atoms with E-state index in [1.165, 1.54) is 5.69 Å². The SMILES string of the molecule is c1cncc(CNc2nccn3c(-c4ccc(N5CCOCC5)cc4)cnc23)c1. The van der Waals surface area contributed by atoms with Crippen molar-refractivity contribution < 1.29 is 4.74 Å². The van der Waals surface area contributed by atoms with Gasteiger partial charge < -0.3 is 15.0 Å². The van der Waals surface area contributed by atoms with E-state index in [1.54, 1.807) is 12.4 Å². The molecule has 0 radical (unpaired) electrons. The summed E-state index contributed by atoms with van der Waals surface area (Å²) >= 11 is 0. The summed E-state index contributed by atoms with van der Waals surface area (Å²) in [5, 5.41) is 3.37. The Morgan fingerprint density at radius 3 is 2.62 bits per heavy atom. The highest BCUT2D eigenvalue weighted by atomic mass is 16.5. The van der Waals surface area contributed by atoms with Gasteiger partial charge in [-0.05, 0) is 23.8 Å². The highest BCUT2D eigenvalue weighted by molar-refractivity contribution is 5.71. The first-order chi connectivity index (χ1) is 14.4. The monoisotopic (exact) mass is 386 g/mol. The predicted octanol–water partition coefficient (Wildman–Crippen LogP) is 3.24. The molecular weight excluding hydrogens is 364 g/mol. The van der Waals surface area contributed by atoms with Crippen LogP contribution in [-0.2, 0) is 11.3 Å². The maximum absolute atomic E-state index is 5.44. The van der Waals surface area contributed by atoms with Gasteiger partial charge in [-0.2, -0.15) is 0 Å². The van der Waals surface area contributed by atoms with Gasteiger partial charge in [0.05, 0.1) is 25.1 Å². The van der Waals surface area contributed by atoms with Gasteiger partial charge in [-0.3, -0.25) is 9.38 Å². The van der Waals surface area contributed by atoms with Gasteiger partial charge in [0.15, 0.2) is 11.5 Å². The maximum atomic E-state index is 5.44. The Hall–Kier alpha value is -3.45. The van der Waals surface area contributed by atoms with Crippen molar-refractivity contribution in [3.63, 3.8) is 0 Å². The van der Waals surface area contributed by atoms with E-state index >= 15 is 0 Å². The van der Waals surface area contributed by atoms with Gasteiger partial charge in [0.1, 0.15) is 0 Å². The largest absolute Gasteiger partial charge is 0.378 e. The molecule has 0 aliphatic carbocycles. The Kier molecular flexibility index (Phi) is 4.80. The number of rotatable bonds is 5. The van der Waals surface area contributed by atoms with Crippen LogP contribution >= 0.6 is 0 Å². The molecule has 1 aromatic carbocycles. The fourth-order valence-electron chi connectivity index (χ4n) is 3.61. The van der Waals surface area contributed by atoms with E-state index in [0.29, 0.717) is 6.54 Å². The first-order valence-electron chi connectivity index (χ1n) is 9.76. The lowest BCUT2D eigenvalue weighted by Crippen LogP contribution is -2.36. The number of benzene rings is 1. The molecule has 0 atom stereocenters. The molecule has 1 aliphatic rings. The molecule has 0 saturated carbocycles. The third kappa shape index (κ3) is 3.64. The number of nitrogens with zero attached hydrogens (tertiary/aromatic N) is 5. The molecule has 4 aromatic rings. The van der Waals surface area contributed by atoms with E-state index in [4.69, 9.17) is 4.74 Å². The van der Waals surface area contributed by atoms with Crippen molar-refractivity contribution in [3.8, 4) is 11.3 Å². The van der Waals surface area contributed by atoms with E-state index in [9.17, 15) is 0 Å². The van der Waals surface area contributed by atoms with Crippen LogP contribution < -0.4 is 10.2 Å². The number of hydrogen-bond donors (Lipinski definition) is 1. The number of anilines is 2. The van der Waals surface area contributed by atoms with Gasteiger partial charge in [-0.15, -0.1) is 0 Å². The summed E-state index contributed by atoms with van der Waals surface area (Å²) in [6.07, 6.45) is 9.26. The maximum Gasteiger partial charge on any atom is 0.180 e. The number of fused-ring (bicyclic) bond motifs is 1. The summed E-state index contributed by atoms with van der Waals surface area (Å²) in [5.41, 5.74) is 5.30.